The van der Waals surface area contributed by atoms with Crippen LogP contribution in [0.5, 0.6) is 5.88 Å². The predicted molar refractivity (Wildman–Crippen MR) is 73.9 cm³/mol. The number of aromatic nitrogens is 3. The van der Waals surface area contributed by atoms with Gasteiger partial charge in [-0.1, -0.05) is 13.0 Å². The third-order valence-corrected chi connectivity index (χ3v) is 2.73. The lowest BCUT2D eigenvalue weighted by Crippen LogP contribution is -2.08. The Morgan fingerprint density at radius 3 is 2.95 bits per heavy atom. The summed E-state index contributed by atoms with van der Waals surface area (Å²) >= 11 is 0. The molecular formula is C13H17N5O. The fourth-order valence-corrected chi connectivity index (χ4v) is 1.76. The summed E-state index contributed by atoms with van der Waals surface area (Å²) in [7, 11) is 1.54. The van der Waals surface area contributed by atoms with Crippen molar-refractivity contribution >= 4 is 11.8 Å². The lowest BCUT2D eigenvalue weighted by molar-refractivity contribution is 0.398. The zero-order valence-corrected chi connectivity index (χ0v) is 11.1. The first-order valence-electron chi connectivity index (χ1n) is 6.08. The van der Waals surface area contributed by atoms with Gasteiger partial charge < -0.3 is 15.8 Å². The van der Waals surface area contributed by atoms with Gasteiger partial charge in [-0.15, -0.1) is 0 Å². The number of nitrogens with zero attached hydrogens (tertiary/aromatic N) is 3. The molecule has 0 aliphatic carbocycles. The standard InChI is InChI=1S/C13H17N5O/c1-3-9-5-4-6-15-10(9)8-16-11-7-12(19-2)18-13(14)17-11/h4-7H,3,8H2,1-2H3,(H3,14,16,17,18). The molecule has 100 valence electrons. The van der Waals surface area contributed by atoms with Crippen LogP contribution >= 0.6 is 0 Å². The summed E-state index contributed by atoms with van der Waals surface area (Å²) in [5.74, 6) is 1.24. The fraction of sp³-hybridized carbons (Fsp3) is 0.308. The molecule has 0 bridgehead atoms. The normalized spacial score (nSPS) is 10.2. The van der Waals surface area contributed by atoms with Crippen molar-refractivity contribution < 1.29 is 4.74 Å². The summed E-state index contributed by atoms with van der Waals surface area (Å²) in [4.78, 5) is 12.4. The molecule has 0 aliphatic heterocycles. The van der Waals surface area contributed by atoms with Gasteiger partial charge in [-0.3, -0.25) is 4.98 Å². The Bertz CT molecular complexity index is 558. The van der Waals surface area contributed by atoms with Crippen LogP contribution in [-0.4, -0.2) is 22.1 Å². The van der Waals surface area contributed by atoms with E-state index in [2.05, 4.69) is 33.3 Å². The second-order valence-electron chi connectivity index (χ2n) is 3.97. The number of methoxy groups -OCH3 is 1. The molecule has 0 atom stereocenters. The molecule has 6 nitrogen and oxygen atoms in total. The van der Waals surface area contributed by atoms with Crippen molar-refractivity contribution in [2.75, 3.05) is 18.2 Å². The van der Waals surface area contributed by atoms with Crippen LogP contribution in [0.25, 0.3) is 0 Å². The van der Waals surface area contributed by atoms with Crippen molar-refractivity contribution in [1.29, 1.82) is 0 Å². The molecular weight excluding hydrogens is 242 g/mol. The number of pyridine rings is 1. The van der Waals surface area contributed by atoms with Crippen LogP contribution in [0.15, 0.2) is 24.4 Å². The number of ether oxygens (including phenoxy) is 1. The minimum absolute atomic E-state index is 0.179. The van der Waals surface area contributed by atoms with Crippen LogP contribution in [0.2, 0.25) is 0 Å². The van der Waals surface area contributed by atoms with Crippen molar-refractivity contribution in [3.05, 3.63) is 35.7 Å². The molecule has 6 heteroatoms. The van der Waals surface area contributed by atoms with Crippen molar-refractivity contribution in [2.45, 2.75) is 19.9 Å². The molecule has 2 aromatic rings. The van der Waals surface area contributed by atoms with E-state index in [4.69, 9.17) is 10.5 Å². The largest absolute Gasteiger partial charge is 0.481 e. The third kappa shape index (κ3) is 3.31. The quantitative estimate of drug-likeness (QED) is 0.849. The van der Waals surface area contributed by atoms with Crippen molar-refractivity contribution in [2.24, 2.45) is 0 Å². The number of hydrogen-bond acceptors (Lipinski definition) is 6. The van der Waals surface area contributed by atoms with Crippen molar-refractivity contribution in [3.63, 3.8) is 0 Å². The molecule has 2 aromatic heterocycles. The Kier molecular flexibility index (Phi) is 4.12. The van der Waals surface area contributed by atoms with Gasteiger partial charge in [0.25, 0.3) is 0 Å². The smallest absolute Gasteiger partial charge is 0.225 e. The fourth-order valence-electron chi connectivity index (χ4n) is 1.76. The van der Waals surface area contributed by atoms with Crippen LogP contribution in [0.4, 0.5) is 11.8 Å². The molecule has 0 aliphatic rings. The first-order chi connectivity index (χ1) is 9.22. The SMILES string of the molecule is CCc1cccnc1CNc1cc(OC)nc(N)n1. The lowest BCUT2D eigenvalue weighted by Gasteiger charge is -2.09. The third-order valence-electron chi connectivity index (χ3n) is 2.73. The summed E-state index contributed by atoms with van der Waals surface area (Å²) in [6.07, 6.45) is 2.73. The maximum Gasteiger partial charge on any atom is 0.225 e. The highest BCUT2D eigenvalue weighted by Gasteiger charge is 2.05. The monoisotopic (exact) mass is 259 g/mol. The Morgan fingerprint density at radius 2 is 2.21 bits per heavy atom. The number of rotatable bonds is 5. The van der Waals surface area contributed by atoms with Gasteiger partial charge in [0, 0.05) is 12.3 Å². The molecule has 0 amide bonds. The van der Waals surface area contributed by atoms with Crippen LogP contribution in [-0.2, 0) is 13.0 Å². The van der Waals surface area contributed by atoms with Gasteiger partial charge in [0.1, 0.15) is 5.82 Å². The summed E-state index contributed by atoms with van der Waals surface area (Å²) in [6.45, 7) is 2.69. The molecule has 2 heterocycles. The van der Waals surface area contributed by atoms with Gasteiger partial charge in [-0.05, 0) is 18.1 Å². The number of aryl methyl sites for hydroxylation is 1. The first-order valence-corrected chi connectivity index (χ1v) is 6.08. The molecule has 0 spiro atoms. The molecule has 0 unspecified atom stereocenters. The number of nitrogens with two attached hydrogens (primary N) is 1. The molecule has 2 rings (SSSR count). The van der Waals surface area contributed by atoms with E-state index < -0.39 is 0 Å². The minimum atomic E-state index is 0.179. The zero-order valence-electron chi connectivity index (χ0n) is 11.1. The average molecular weight is 259 g/mol. The second kappa shape index (κ2) is 5.99. The number of anilines is 2. The Morgan fingerprint density at radius 1 is 1.37 bits per heavy atom. The van der Waals surface area contributed by atoms with E-state index >= 15 is 0 Å². The molecule has 0 aromatic carbocycles. The van der Waals surface area contributed by atoms with Crippen LogP contribution in [0, 0.1) is 0 Å². The number of nitrogen functional groups attached to an aromatic ring is 1. The van der Waals surface area contributed by atoms with Gasteiger partial charge in [-0.2, -0.15) is 9.97 Å². The summed E-state index contributed by atoms with van der Waals surface area (Å²) in [6, 6.07) is 5.71. The van der Waals surface area contributed by atoms with Crippen molar-refractivity contribution in [1.82, 2.24) is 15.0 Å². The number of hydrogen-bond donors (Lipinski definition) is 2. The molecule has 3 N–H and O–H groups in total. The van der Waals surface area contributed by atoms with E-state index in [0.717, 1.165) is 12.1 Å². The van der Waals surface area contributed by atoms with Crippen LogP contribution in [0.3, 0.4) is 0 Å². The highest BCUT2D eigenvalue weighted by Crippen LogP contribution is 2.15. The Hall–Kier alpha value is -2.37. The van der Waals surface area contributed by atoms with Gasteiger partial charge in [0.15, 0.2) is 0 Å². The van der Waals surface area contributed by atoms with E-state index in [-0.39, 0.29) is 5.95 Å². The van der Waals surface area contributed by atoms with Gasteiger partial charge in [0.05, 0.1) is 19.3 Å². The van der Waals surface area contributed by atoms with Crippen molar-refractivity contribution in [3.8, 4) is 5.88 Å². The minimum Gasteiger partial charge on any atom is -0.481 e. The molecule has 0 saturated heterocycles. The van der Waals surface area contributed by atoms with E-state index in [0.29, 0.717) is 18.2 Å². The molecule has 0 saturated carbocycles. The average Bonchev–Trinajstić information content (AvgIpc) is 2.44. The first kappa shape index (κ1) is 13.1. The lowest BCUT2D eigenvalue weighted by atomic mass is 10.1. The maximum absolute atomic E-state index is 5.60. The van der Waals surface area contributed by atoms with Crippen LogP contribution < -0.4 is 15.8 Å². The summed E-state index contributed by atoms with van der Waals surface area (Å²) in [5.41, 5.74) is 7.82. The maximum atomic E-state index is 5.60. The zero-order chi connectivity index (χ0) is 13.7. The summed E-state index contributed by atoms with van der Waals surface area (Å²) < 4.78 is 5.05. The van der Waals surface area contributed by atoms with E-state index in [1.54, 1.807) is 19.4 Å². The van der Waals surface area contributed by atoms with Gasteiger partial charge in [-0.25, -0.2) is 0 Å². The Labute approximate surface area is 112 Å². The van der Waals surface area contributed by atoms with E-state index in [1.165, 1.54) is 5.56 Å². The highest BCUT2D eigenvalue weighted by atomic mass is 16.5. The number of nitrogens with one attached hydrogen (secondary N) is 1. The van der Waals surface area contributed by atoms with Crippen LogP contribution in [0.1, 0.15) is 18.2 Å². The van der Waals surface area contributed by atoms with E-state index in [1.807, 2.05) is 6.07 Å². The molecule has 0 radical (unpaired) electrons. The molecule has 0 fully saturated rings. The summed E-state index contributed by atoms with van der Waals surface area (Å²) in [5, 5.41) is 3.18. The second-order valence-corrected chi connectivity index (χ2v) is 3.97. The topological polar surface area (TPSA) is 86.0 Å². The van der Waals surface area contributed by atoms with E-state index in [9.17, 15) is 0 Å². The highest BCUT2D eigenvalue weighted by molar-refractivity contribution is 5.43. The predicted octanol–water partition coefficient (Wildman–Crippen LogP) is 1.64. The van der Waals surface area contributed by atoms with Gasteiger partial charge >= 0.3 is 0 Å². The Balaban J connectivity index is 2.12. The molecule has 19 heavy (non-hydrogen) atoms. The van der Waals surface area contributed by atoms with Gasteiger partial charge in [0.2, 0.25) is 11.8 Å².